The van der Waals surface area contributed by atoms with E-state index in [4.69, 9.17) is 5.41 Å². The van der Waals surface area contributed by atoms with Gasteiger partial charge in [-0.2, -0.15) is 0 Å². The quantitative estimate of drug-likeness (QED) is 0.829. The van der Waals surface area contributed by atoms with Gasteiger partial charge in [-0.1, -0.05) is 30.3 Å². The van der Waals surface area contributed by atoms with Gasteiger partial charge in [-0.05, 0) is 43.6 Å². The normalized spacial score (nSPS) is 26.0. The number of hydrogen-bond donors (Lipinski definition) is 2. The Morgan fingerprint density at radius 2 is 1.95 bits per heavy atom. The summed E-state index contributed by atoms with van der Waals surface area (Å²) in [6.07, 6.45) is 7.09. The molecule has 110 valence electrons. The fourth-order valence-corrected chi connectivity index (χ4v) is 3.57. The number of carbonyl (C=O) groups is 1. The van der Waals surface area contributed by atoms with Gasteiger partial charge in [0.25, 0.3) is 0 Å². The third-order valence-corrected chi connectivity index (χ3v) is 4.68. The van der Waals surface area contributed by atoms with E-state index in [1.807, 2.05) is 0 Å². The molecule has 1 aromatic rings. The topological polar surface area (TPSA) is 53.0 Å². The van der Waals surface area contributed by atoms with Gasteiger partial charge >= 0.3 is 0 Å². The van der Waals surface area contributed by atoms with Crippen LogP contribution < -0.4 is 5.32 Å². The van der Waals surface area contributed by atoms with E-state index in [2.05, 4.69) is 35.6 Å². The van der Waals surface area contributed by atoms with Gasteiger partial charge < -0.3 is 10.7 Å². The highest BCUT2D eigenvalue weighted by molar-refractivity contribution is 6.13. The van der Waals surface area contributed by atoms with E-state index in [9.17, 15) is 4.79 Å². The second-order valence-corrected chi connectivity index (χ2v) is 6.08. The van der Waals surface area contributed by atoms with Gasteiger partial charge in [0.1, 0.15) is 0 Å². The molecule has 0 aromatic heterocycles. The Morgan fingerprint density at radius 3 is 2.71 bits per heavy atom. The average Bonchev–Trinajstić information content (AvgIpc) is 2.97. The number of ketones is 1. The molecule has 3 heteroatoms. The smallest absolute Gasteiger partial charge is 0.166 e. The summed E-state index contributed by atoms with van der Waals surface area (Å²) in [5, 5.41) is 11.0. The molecule has 3 rings (SSSR count). The number of rotatable bonds is 4. The van der Waals surface area contributed by atoms with Gasteiger partial charge in [0.15, 0.2) is 5.78 Å². The second-order valence-electron chi connectivity index (χ2n) is 6.08. The van der Waals surface area contributed by atoms with Crippen molar-refractivity contribution in [2.75, 3.05) is 0 Å². The lowest BCUT2D eigenvalue weighted by atomic mass is 9.94. The monoisotopic (exact) mass is 282 g/mol. The second kappa shape index (κ2) is 6.25. The lowest BCUT2D eigenvalue weighted by Gasteiger charge is -2.22. The van der Waals surface area contributed by atoms with Crippen LogP contribution in [-0.4, -0.2) is 18.0 Å². The van der Waals surface area contributed by atoms with E-state index < -0.39 is 0 Å². The van der Waals surface area contributed by atoms with Crippen molar-refractivity contribution in [1.82, 2.24) is 5.32 Å². The number of hydrogen-bond acceptors (Lipinski definition) is 3. The molecule has 1 aromatic carbocycles. The first-order valence-corrected chi connectivity index (χ1v) is 7.86. The van der Waals surface area contributed by atoms with Crippen LogP contribution in [0.5, 0.6) is 0 Å². The molecule has 2 atom stereocenters. The van der Waals surface area contributed by atoms with Crippen LogP contribution >= 0.6 is 0 Å². The van der Waals surface area contributed by atoms with Crippen molar-refractivity contribution in [3.05, 3.63) is 47.2 Å². The number of benzene rings is 1. The van der Waals surface area contributed by atoms with E-state index in [0.717, 1.165) is 31.4 Å². The SMILES string of the molecule is N=CC1=C(NC2CCC(c3ccccc3)C2)CCCC1=O. The minimum absolute atomic E-state index is 0.122. The summed E-state index contributed by atoms with van der Waals surface area (Å²) in [7, 11) is 0. The maximum absolute atomic E-state index is 11.8. The summed E-state index contributed by atoms with van der Waals surface area (Å²) in [4.78, 5) is 11.8. The van der Waals surface area contributed by atoms with Crippen LogP contribution in [0.15, 0.2) is 41.6 Å². The van der Waals surface area contributed by atoms with E-state index >= 15 is 0 Å². The van der Waals surface area contributed by atoms with Gasteiger partial charge in [0, 0.05) is 24.4 Å². The van der Waals surface area contributed by atoms with E-state index in [1.54, 1.807) is 0 Å². The highest BCUT2D eigenvalue weighted by atomic mass is 16.1. The molecular weight excluding hydrogens is 260 g/mol. The molecule has 1 saturated carbocycles. The standard InChI is InChI=1S/C18H22N2O/c19-12-16-17(7-4-8-18(16)21)20-15-10-9-14(11-15)13-5-2-1-3-6-13/h1-3,5-6,12,14-15,19-20H,4,7-11H2. The molecule has 0 radical (unpaired) electrons. The molecule has 0 aliphatic heterocycles. The van der Waals surface area contributed by atoms with Crippen LogP contribution in [0, 0.1) is 5.41 Å². The predicted octanol–water partition coefficient (Wildman–Crippen LogP) is 3.57. The average molecular weight is 282 g/mol. The number of carbonyl (C=O) groups excluding carboxylic acids is 1. The zero-order valence-corrected chi connectivity index (χ0v) is 12.3. The Hall–Kier alpha value is -1.90. The molecule has 0 spiro atoms. The lowest BCUT2D eigenvalue weighted by molar-refractivity contribution is -0.115. The van der Waals surface area contributed by atoms with Crippen LogP contribution in [0.4, 0.5) is 0 Å². The fraction of sp³-hybridized carbons (Fsp3) is 0.444. The molecule has 2 N–H and O–H groups in total. The zero-order chi connectivity index (χ0) is 14.7. The molecule has 0 saturated heterocycles. The first-order valence-electron chi connectivity index (χ1n) is 7.86. The van der Waals surface area contributed by atoms with E-state index in [1.165, 1.54) is 18.2 Å². The summed E-state index contributed by atoms with van der Waals surface area (Å²) >= 11 is 0. The lowest BCUT2D eigenvalue weighted by Crippen LogP contribution is -2.30. The van der Waals surface area contributed by atoms with Gasteiger partial charge in [0.2, 0.25) is 0 Å². The molecule has 0 heterocycles. The molecule has 2 unspecified atom stereocenters. The van der Waals surface area contributed by atoms with Gasteiger partial charge in [0.05, 0.1) is 5.57 Å². The fourth-order valence-electron chi connectivity index (χ4n) is 3.57. The number of allylic oxidation sites excluding steroid dienone is 2. The van der Waals surface area contributed by atoms with Crippen molar-refractivity contribution in [1.29, 1.82) is 5.41 Å². The minimum Gasteiger partial charge on any atom is -0.385 e. The Bertz CT molecular complexity index is 562. The molecule has 21 heavy (non-hydrogen) atoms. The third kappa shape index (κ3) is 3.07. The van der Waals surface area contributed by atoms with Gasteiger partial charge in [-0.3, -0.25) is 4.79 Å². The highest BCUT2D eigenvalue weighted by Gasteiger charge is 2.28. The van der Waals surface area contributed by atoms with Crippen LogP contribution in [0.3, 0.4) is 0 Å². The largest absolute Gasteiger partial charge is 0.385 e. The van der Waals surface area contributed by atoms with Gasteiger partial charge in [-0.25, -0.2) is 0 Å². The van der Waals surface area contributed by atoms with Crippen LogP contribution in [0.2, 0.25) is 0 Å². The maximum atomic E-state index is 11.8. The Labute approximate surface area is 126 Å². The van der Waals surface area contributed by atoms with Crippen LogP contribution in [0.25, 0.3) is 0 Å². The highest BCUT2D eigenvalue weighted by Crippen LogP contribution is 2.35. The van der Waals surface area contributed by atoms with E-state index in [-0.39, 0.29) is 5.78 Å². The molecule has 3 nitrogen and oxygen atoms in total. The van der Waals surface area contributed by atoms with E-state index in [0.29, 0.717) is 24.0 Å². The third-order valence-electron chi connectivity index (χ3n) is 4.68. The summed E-state index contributed by atoms with van der Waals surface area (Å²) < 4.78 is 0. The van der Waals surface area contributed by atoms with Crippen molar-refractivity contribution >= 4 is 12.0 Å². The van der Waals surface area contributed by atoms with Crippen molar-refractivity contribution in [3.63, 3.8) is 0 Å². The summed E-state index contributed by atoms with van der Waals surface area (Å²) in [5.41, 5.74) is 3.02. The molecule has 1 fully saturated rings. The number of Topliss-reactive ketones (excluding diaryl/α,β-unsaturated/α-hetero) is 1. The molecule has 0 amide bonds. The Morgan fingerprint density at radius 1 is 1.14 bits per heavy atom. The predicted molar refractivity (Wildman–Crippen MR) is 84.6 cm³/mol. The first kappa shape index (κ1) is 14.1. The van der Waals surface area contributed by atoms with Crippen LogP contribution in [-0.2, 0) is 4.79 Å². The molecule has 2 aliphatic rings. The van der Waals surface area contributed by atoms with Crippen molar-refractivity contribution in [2.24, 2.45) is 0 Å². The van der Waals surface area contributed by atoms with Crippen molar-refractivity contribution < 1.29 is 4.79 Å². The Balaban J connectivity index is 1.67. The maximum Gasteiger partial charge on any atom is 0.166 e. The summed E-state index contributed by atoms with van der Waals surface area (Å²) in [6.45, 7) is 0. The number of nitrogens with one attached hydrogen (secondary N) is 2. The molecule has 0 bridgehead atoms. The zero-order valence-electron chi connectivity index (χ0n) is 12.3. The summed E-state index contributed by atoms with van der Waals surface area (Å²) in [5.74, 6) is 0.739. The minimum atomic E-state index is 0.122. The van der Waals surface area contributed by atoms with Crippen molar-refractivity contribution in [3.8, 4) is 0 Å². The van der Waals surface area contributed by atoms with Gasteiger partial charge in [-0.15, -0.1) is 0 Å². The first-order chi connectivity index (χ1) is 10.3. The Kier molecular flexibility index (Phi) is 4.18. The molecule has 2 aliphatic carbocycles. The van der Waals surface area contributed by atoms with Crippen molar-refractivity contribution in [2.45, 2.75) is 50.5 Å². The molecular formula is C18H22N2O. The summed E-state index contributed by atoms with van der Waals surface area (Å²) in [6, 6.07) is 11.1. The van der Waals surface area contributed by atoms with Crippen LogP contribution in [0.1, 0.15) is 50.0 Å².